The lowest BCUT2D eigenvalue weighted by molar-refractivity contribution is -0.384. The first-order valence-corrected chi connectivity index (χ1v) is 6.99. The number of rotatable bonds is 2. The average molecular weight is 284 g/mol. The largest absolute Gasteiger partial charge is 0.269 e. The van der Waals surface area contributed by atoms with Crippen LogP contribution in [0.2, 0.25) is 0 Å². The van der Waals surface area contributed by atoms with E-state index in [1.54, 1.807) is 23.5 Å². The second-order valence-electron chi connectivity index (χ2n) is 4.70. The van der Waals surface area contributed by atoms with Gasteiger partial charge in [-0.2, -0.15) is 0 Å². The number of hydrogen-bond acceptors (Lipinski definition) is 4. The summed E-state index contributed by atoms with van der Waals surface area (Å²) in [6.45, 7) is 4.11. The van der Waals surface area contributed by atoms with E-state index in [0.29, 0.717) is 0 Å². The SMILES string of the molecule is Cc1ccc(C)c2sc(-c3ccc([N+](=O)[O-])cc3)nc12. The number of nitrogens with zero attached hydrogens (tertiary/aromatic N) is 2. The van der Waals surface area contributed by atoms with Crippen LogP contribution in [0.5, 0.6) is 0 Å². The van der Waals surface area contributed by atoms with E-state index in [4.69, 9.17) is 0 Å². The second kappa shape index (κ2) is 4.68. The fourth-order valence-corrected chi connectivity index (χ4v) is 3.23. The summed E-state index contributed by atoms with van der Waals surface area (Å²) >= 11 is 1.62. The molecule has 5 heteroatoms. The first-order chi connectivity index (χ1) is 9.56. The Bertz CT molecular complexity index is 768. The Hall–Kier alpha value is -2.27. The highest BCUT2D eigenvalue weighted by atomic mass is 32.1. The number of benzene rings is 2. The third kappa shape index (κ3) is 2.06. The van der Waals surface area contributed by atoms with Crippen molar-refractivity contribution in [2.75, 3.05) is 0 Å². The van der Waals surface area contributed by atoms with Gasteiger partial charge in [-0.15, -0.1) is 11.3 Å². The first-order valence-electron chi connectivity index (χ1n) is 6.18. The molecule has 20 heavy (non-hydrogen) atoms. The maximum Gasteiger partial charge on any atom is 0.269 e. The summed E-state index contributed by atoms with van der Waals surface area (Å²) in [5.74, 6) is 0. The Morgan fingerprint density at radius 3 is 2.30 bits per heavy atom. The molecular weight excluding hydrogens is 272 g/mol. The van der Waals surface area contributed by atoms with Crippen LogP contribution in [0.25, 0.3) is 20.8 Å². The predicted molar refractivity (Wildman–Crippen MR) is 81.2 cm³/mol. The molecule has 0 saturated heterocycles. The topological polar surface area (TPSA) is 56.0 Å². The van der Waals surface area contributed by atoms with E-state index in [-0.39, 0.29) is 5.69 Å². The molecule has 3 rings (SSSR count). The Morgan fingerprint density at radius 2 is 1.70 bits per heavy atom. The summed E-state index contributed by atoms with van der Waals surface area (Å²) in [7, 11) is 0. The molecule has 0 unspecified atom stereocenters. The third-order valence-electron chi connectivity index (χ3n) is 3.27. The summed E-state index contributed by atoms with van der Waals surface area (Å²) in [5, 5.41) is 11.6. The van der Waals surface area contributed by atoms with Gasteiger partial charge in [-0.25, -0.2) is 4.98 Å². The lowest BCUT2D eigenvalue weighted by atomic mass is 10.1. The van der Waals surface area contributed by atoms with Crippen molar-refractivity contribution in [1.82, 2.24) is 4.98 Å². The summed E-state index contributed by atoms with van der Waals surface area (Å²) in [4.78, 5) is 14.9. The molecular formula is C15H12N2O2S. The molecule has 0 saturated carbocycles. The minimum atomic E-state index is -0.392. The minimum absolute atomic E-state index is 0.0993. The molecule has 4 nitrogen and oxygen atoms in total. The van der Waals surface area contributed by atoms with Gasteiger partial charge in [-0.1, -0.05) is 12.1 Å². The van der Waals surface area contributed by atoms with Crippen LogP contribution in [0.1, 0.15) is 11.1 Å². The quantitative estimate of drug-likeness (QED) is 0.514. The van der Waals surface area contributed by atoms with Crippen molar-refractivity contribution in [3.8, 4) is 10.6 Å². The minimum Gasteiger partial charge on any atom is -0.258 e. The average Bonchev–Trinajstić information content (AvgIpc) is 2.89. The standard InChI is InChI=1S/C15H12N2O2S/c1-9-3-4-10(2)14-13(9)16-15(20-14)11-5-7-12(8-6-11)17(18)19/h3-8H,1-2H3. The van der Waals surface area contributed by atoms with E-state index in [1.165, 1.54) is 22.4 Å². The molecule has 0 spiro atoms. The number of aryl methyl sites for hydroxylation is 2. The van der Waals surface area contributed by atoms with Crippen LogP contribution in [0.4, 0.5) is 5.69 Å². The molecule has 2 aromatic carbocycles. The summed E-state index contributed by atoms with van der Waals surface area (Å²) in [6, 6.07) is 10.7. The van der Waals surface area contributed by atoms with E-state index in [0.717, 1.165) is 21.7 Å². The van der Waals surface area contributed by atoms with Gasteiger partial charge in [-0.3, -0.25) is 10.1 Å². The third-order valence-corrected chi connectivity index (χ3v) is 4.51. The van der Waals surface area contributed by atoms with Crippen molar-refractivity contribution in [2.24, 2.45) is 0 Å². The van der Waals surface area contributed by atoms with Crippen molar-refractivity contribution >= 4 is 27.2 Å². The van der Waals surface area contributed by atoms with Crippen LogP contribution in [0.15, 0.2) is 36.4 Å². The van der Waals surface area contributed by atoms with Crippen LogP contribution in [0, 0.1) is 24.0 Å². The van der Waals surface area contributed by atoms with E-state index < -0.39 is 4.92 Å². The van der Waals surface area contributed by atoms with E-state index in [2.05, 4.69) is 24.0 Å². The second-order valence-corrected chi connectivity index (χ2v) is 5.70. The number of nitro benzene ring substituents is 1. The first kappa shape index (κ1) is 12.7. The highest BCUT2D eigenvalue weighted by molar-refractivity contribution is 7.21. The zero-order valence-corrected chi connectivity index (χ0v) is 11.9. The van der Waals surface area contributed by atoms with Crippen LogP contribution < -0.4 is 0 Å². The number of fused-ring (bicyclic) bond motifs is 1. The Morgan fingerprint density at radius 1 is 1.05 bits per heavy atom. The number of non-ortho nitro benzene ring substituents is 1. The van der Waals surface area contributed by atoms with Gasteiger partial charge in [0.25, 0.3) is 5.69 Å². The van der Waals surface area contributed by atoms with Gasteiger partial charge in [0.15, 0.2) is 0 Å². The fourth-order valence-electron chi connectivity index (χ4n) is 2.11. The summed E-state index contributed by atoms with van der Waals surface area (Å²) in [5.41, 5.74) is 4.38. The number of hydrogen-bond donors (Lipinski definition) is 0. The van der Waals surface area contributed by atoms with Crippen LogP contribution >= 0.6 is 11.3 Å². The van der Waals surface area contributed by atoms with Crippen molar-refractivity contribution in [2.45, 2.75) is 13.8 Å². The molecule has 1 aromatic heterocycles. The predicted octanol–water partition coefficient (Wildman–Crippen LogP) is 4.49. The maximum absolute atomic E-state index is 10.7. The van der Waals surface area contributed by atoms with Crippen LogP contribution in [-0.2, 0) is 0 Å². The van der Waals surface area contributed by atoms with Crippen molar-refractivity contribution < 1.29 is 4.92 Å². The van der Waals surface area contributed by atoms with Crippen molar-refractivity contribution in [3.63, 3.8) is 0 Å². The molecule has 1 heterocycles. The number of nitro groups is 1. The van der Waals surface area contributed by atoms with Crippen molar-refractivity contribution in [1.29, 1.82) is 0 Å². The lowest BCUT2D eigenvalue weighted by Crippen LogP contribution is -1.86. The molecule has 3 aromatic rings. The van der Waals surface area contributed by atoms with Gasteiger partial charge in [0, 0.05) is 17.7 Å². The van der Waals surface area contributed by atoms with E-state index in [9.17, 15) is 10.1 Å². The fraction of sp³-hybridized carbons (Fsp3) is 0.133. The number of aromatic nitrogens is 1. The van der Waals surface area contributed by atoms with Gasteiger partial charge >= 0.3 is 0 Å². The highest BCUT2D eigenvalue weighted by Gasteiger charge is 2.11. The molecule has 0 N–H and O–H groups in total. The van der Waals surface area contributed by atoms with Gasteiger partial charge in [-0.05, 0) is 37.1 Å². The molecule has 0 atom stereocenters. The number of thiazole rings is 1. The molecule has 0 fully saturated rings. The molecule has 100 valence electrons. The molecule has 0 amide bonds. The van der Waals surface area contributed by atoms with E-state index in [1.807, 2.05) is 6.92 Å². The van der Waals surface area contributed by atoms with Crippen molar-refractivity contribution in [3.05, 3.63) is 57.6 Å². The molecule has 0 aliphatic heterocycles. The normalized spacial score (nSPS) is 10.9. The lowest BCUT2D eigenvalue weighted by Gasteiger charge is -1.96. The maximum atomic E-state index is 10.7. The van der Waals surface area contributed by atoms with E-state index >= 15 is 0 Å². The molecule has 0 radical (unpaired) electrons. The molecule has 0 aliphatic carbocycles. The van der Waals surface area contributed by atoms with Gasteiger partial charge in [0.05, 0.1) is 15.1 Å². The smallest absolute Gasteiger partial charge is 0.258 e. The van der Waals surface area contributed by atoms with Crippen LogP contribution in [-0.4, -0.2) is 9.91 Å². The highest BCUT2D eigenvalue weighted by Crippen LogP contribution is 2.34. The van der Waals surface area contributed by atoms with Gasteiger partial charge in [0.1, 0.15) is 5.01 Å². The van der Waals surface area contributed by atoms with Crippen LogP contribution in [0.3, 0.4) is 0 Å². The summed E-state index contributed by atoms with van der Waals surface area (Å²) in [6.07, 6.45) is 0. The monoisotopic (exact) mass is 284 g/mol. The summed E-state index contributed by atoms with van der Waals surface area (Å²) < 4.78 is 1.18. The van der Waals surface area contributed by atoms with Gasteiger partial charge in [0.2, 0.25) is 0 Å². The van der Waals surface area contributed by atoms with Gasteiger partial charge < -0.3 is 0 Å². The Balaban J connectivity index is 2.12. The zero-order chi connectivity index (χ0) is 14.3. The Kier molecular flexibility index (Phi) is 2.99. The molecule has 0 bridgehead atoms. The molecule has 0 aliphatic rings. The Labute approximate surface area is 119 Å². The zero-order valence-electron chi connectivity index (χ0n) is 11.1.